The third-order valence-electron chi connectivity index (χ3n) is 4.64. The Hall–Kier alpha value is -3.35. The molecule has 0 fully saturated rings. The first-order valence-corrected chi connectivity index (χ1v) is 9.13. The van der Waals surface area contributed by atoms with Crippen molar-refractivity contribution in [2.75, 3.05) is 19.8 Å². The molecule has 1 aromatic carbocycles. The topological polar surface area (TPSA) is 77.7 Å². The van der Waals surface area contributed by atoms with E-state index in [0.29, 0.717) is 36.9 Å². The van der Waals surface area contributed by atoms with Crippen molar-refractivity contribution < 1.29 is 18.8 Å². The van der Waals surface area contributed by atoms with Gasteiger partial charge in [0.1, 0.15) is 29.6 Å². The van der Waals surface area contributed by atoms with Gasteiger partial charge in [0.15, 0.2) is 6.61 Å². The Morgan fingerprint density at radius 2 is 1.96 bits per heavy atom. The maximum absolute atomic E-state index is 12.4. The van der Waals surface area contributed by atoms with Crippen molar-refractivity contribution in [2.24, 2.45) is 0 Å². The molecule has 0 saturated carbocycles. The molecule has 0 unspecified atom stereocenters. The first kappa shape index (κ1) is 18.0. The van der Waals surface area contributed by atoms with Crippen molar-refractivity contribution in [1.82, 2.24) is 15.0 Å². The molecule has 3 heterocycles. The number of carbonyl (C=O) groups excluding carboxylic acids is 1. The molecule has 0 N–H and O–H groups in total. The molecule has 144 valence electrons. The van der Waals surface area contributed by atoms with Gasteiger partial charge in [-0.1, -0.05) is 23.4 Å². The number of pyridine rings is 1. The molecular formula is C21H21N3O4. The minimum absolute atomic E-state index is 0.00924. The van der Waals surface area contributed by atoms with Crippen LogP contribution in [0.15, 0.2) is 47.0 Å². The van der Waals surface area contributed by atoms with E-state index in [1.54, 1.807) is 4.90 Å². The minimum atomic E-state index is -0.0893. The number of hydrogen-bond donors (Lipinski definition) is 0. The molecule has 4 rings (SSSR count). The molecule has 7 nitrogen and oxygen atoms in total. The Balaban J connectivity index is 1.51. The van der Waals surface area contributed by atoms with Crippen molar-refractivity contribution in [3.8, 4) is 22.8 Å². The summed E-state index contributed by atoms with van der Waals surface area (Å²) in [6.45, 7) is 4.94. The van der Waals surface area contributed by atoms with Gasteiger partial charge in [-0.2, -0.15) is 0 Å². The Bertz CT molecular complexity index is 965. The van der Waals surface area contributed by atoms with Crippen LogP contribution in [0.4, 0.5) is 0 Å². The van der Waals surface area contributed by atoms with Gasteiger partial charge in [0.05, 0.1) is 30.0 Å². The lowest BCUT2D eigenvalue weighted by molar-refractivity contribution is -0.133. The van der Waals surface area contributed by atoms with Crippen LogP contribution in [-0.2, 0) is 11.3 Å². The van der Waals surface area contributed by atoms with Crippen molar-refractivity contribution in [1.29, 1.82) is 0 Å². The van der Waals surface area contributed by atoms with Gasteiger partial charge in [-0.15, -0.1) is 0 Å². The predicted octanol–water partition coefficient (Wildman–Crippen LogP) is 3.15. The molecule has 0 saturated heterocycles. The Kier molecular flexibility index (Phi) is 4.97. The summed E-state index contributed by atoms with van der Waals surface area (Å²) in [7, 11) is 0. The van der Waals surface area contributed by atoms with E-state index in [-0.39, 0.29) is 12.5 Å². The molecule has 1 aliphatic heterocycles. The molecule has 28 heavy (non-hydrogen) atoms. The van der Waals surface area contributed by atoms with Crippen LogP contribution in [-0.4, -0.2) is 40.7 Å². The van der Waals surface area contributed by atoms with E-state index in [9.17, 15) is 4.79 Å². The Morgan fingerprint density at radius 3 is 2.71 bits per heavy atom. The highest BCUT2D eigenvalue weighted by Gasteiger charge is 2.24. The normalized spacial score (nSPS) is 13.6. The van der Waals surface area contributed by atoms with E-state index in [2.05, 4.69) is 5.16 Å². The molecule has 0 bridgehead atoms. The molecule has 0 aliphatic carbocycles. The van der Waals surface area contributed by atoms with Crippen LogP contribution in [0.25, 0.3) is 11.3 Å². The van der Waals surface area contributed by atoms with Gasteiger partial charge in [-0.3, -0.25) is 4.79 Å². The number of nitrogens with zero attached hydrogens (tertiary/aromatic N) is 3. The number of fused-ring (bicyclic) bond motifs is 1. The third-order valence-corrected chi connectivity index (χ3v) is 4.64. The number of ether oxygens (including phenoxy) is 2. The van der Waals surface area contributed by atoms with E-state index in [1.807, 2.05) is 56.3 Å². The number of rotatable bonds is 5. The molecular weight excluding hydrogens is 358 g/mol. The van der Waals surface area contributed by atoms with Crippen LogP contribution < -0.4 is 9.47 Å². The number of aromatic nitrogens is 2. The fourth-order valence-electron chi connectivity index (χ4n) is 3.22. The van der Waals surface area contributed by atoms with E-state index in [1.165, 1.54) is 0 Å². The second kappa shape index (κ2) is 7.72. The molecule has 1 aliphatic rings. The summed E-state index contributed by atoms with van der Waals surface area (Å²) in [6, 6.07) is 13.3. The zero-order valence-corrected chi connectivity index (χ0v) is 15.8. The lowest BCUT2D eigenvalue weighted by Crippen LogP contribution is -2.35. The van der Waals surface area contributed by atoms with Crippen LogP contribution in [0.5, 0.6) is 11.5 Å². The highest BCUT2D eigenvalue weighted by atomic mass is 16.5. The van der Waals surface area contributed by atoms with Crippen LogP contribution in [0.3, 0.4) is 0 Å². The number of amides is 1. The standard InChI is InChI=1S/C21H21N3O4/c1-14-21(15(2)28-23-14)17-8-9-19-18(22-17)12-24(20(25)13-27-19)10-11-26-16-6-4-3-5-7-16/h3-9H,10-13H2,1-2H3. The molecule has 3 aromatic rings. The molecule has 7 heteroatoms. The predicted molar refractivity (Wildman–Crippen MR) is 102 cm³/mol. The molecule has 0 spiro atoms. The van der Waals surface area contributed by atoms with Gasteiger partial charge in [0, 0.05) is 0 Å². The fourth-order valence-corrected chi connectivity index (χ4v) is 3.22. The number of para-hydroxylation sites is 1. The van der Waals surface area contributed by atoms with Gasteiger partial charge in [0.25, 0.3) is 5.91 Å². The highest BCUT2D eigenvalue weighted by molar-refractivity contribution is 5.78. The quantitative estimate of drug-likeness (QED) is 0.678. The van der Waals surface area contributed by atoms with E-state index in [0.717, 1.165) is 22.7 Å². The van der Waals surface area contributed by atoms with Crippen molar-refractivity contribution in [2.45, 2.75) is 20.4 Å². The minimum Gasteiger partial charge on any atom is -0.492 e. The molecule has 2 aromatic heterocycles. The van der Waals surface area contributed by atoms with Crippen molar-refractivity contribution in [3.63, 3.8) is 0 Å². The fraction of sp³-hybridized carbons (Fsp3) is 0.286. The van der Waals surface area contributed by atoms with Gasteiger partial charge < -0.3 is 18.9 Å². The van der Waals surface area contributed by atoms with E-state index >= 15 is 0 Å². The van der Waals surface area contributed by atoms with Crippen LogP contribution in [0, 0.1) is 13.8 Å². The maximum atomic E-state index is 12.4. The number of aryl methyl sites for hydroxylation is 2. The third kappa shape index (κ3) is 3.69. The smallest absolute Gasteiger partial charge is 0.260 e. The summed E-state index contributed by atoms with van der Waals surface area (Å²) in [5.41, 5.74) is 3.12. The largest absolute Gasteiger partial charge is 0.492 e. The average molecular weight is 379 g/mol. The van der Waals surface area contributed by atoms with Gasteiger partial charge in [-0.25, -0.2) is 4.98 Å². The van der Waals surface area contributed by atoms with Gasteiger partial charge >= 0.3 is 0 Å². The number of carbonyl (C=O) groups is 1. The monoisotopic (exact) mass is 379 g/mol. The maximum Gasteiger partial charge on any atom is 0.260 e. The van der Waals surface area contributed by atoms with Crippen molar-refractivity contribution >= 4 is 5.91 Å². The Labute approximate surface area is 162 Å². The zero-order chi connectivity index (χ0) is 19.5. The number of hydrogen-bond acceptors (Lipinski definition) is 6. The summed E-state index contributed by atoms with van der Waals surface area (Å²) in [5.74, 6) is 2.02. The van der Waals surface area contributed by atoms with Gasteiger partial charge in [0.2, 0.25) is 0 Å². The molecule has 1 amide bonds. The lowest BCUT2D eigenvalue weighted by atomic mass is 10.1. The van der Waals surface area contributed by atoms with E-state index < -0.39 is 0 Å². The van der Waals surface area contributed by atoms with Crippen LogP contribution in [0.1, 0.15) is 17.1 Å². The summed E-state index contributed by atoms with van der Waals surface area (Å²) < 4.78 is 16.6. The zero-order valence-electron chi connectivity index (χ0n) is 15.8. The van der Waals surface area contributed by atoms with Crippen molar-refractivity contribution in [3.05, 3.63) is 59.6 Å². The summed E-state index contributed by atoms with van der Waals surface area (Å²) >= 11 is 0. The second-order valence-electron chi connectivity index (χ2n) is 6.61. The van der Waals surface area contributed by atoms with Crippen LogP contribution >= 0.6 is 0 Å². The second-order valence-corrected chi connectivity index (χ2v) is 6.61. The lowest BCUT2D eigenvalue weighted by Gasteiger charge is -2.19. The molecule has 0 radical (unpaired) electrons. The summed E-state index contributed by atoms with van der Waals surface area (Å²) in [5, 5.41) is 3.99. The van der Waals surface area contributed by atoms with E-state index in [4.69, 9.17) is 19.0 Å². The summed E-state index contributed by atoms with van der Waals surface area (Å²) in [4.78, 5) is 18.9. The average Bonchev–Trinajstić information content (AvgIpc) is 2.95. The summed E-state index contributed by atoms with van der Waals surface area (Å²) in [6.07, 6.45) is 0. The first-order valence-electron chi connectivity index (χ1n) is 9.13. The number of benzene rings is 1. The SMILES string of the molecule is Cc1noc(C)c1-c1ccc2c(n1)CN(CCOc1ccccc1)C(=O)CO2. The highest BCUT2D eigenvalue weighted by Crippen LogP contribution is 2.29. The Morgan fingerprint density at radius 1 is 1.14 bits per heavy atom. The first-order chi connectivity index (χ1) is 13.6. The molecule has 0 atom stereocenters. The van der Waals surface area contributed by atoms with Gasteiger partial charge in [-0.05, 0) is 38.1 Å². The van der Waals surface area contributed by atoms with Crippen LogP contribution in [0.2, 0.25) is 0 Å².